The van der Waals surface area contributed by atoms with Crippen molar-refractivity contribution in [2.45, 2.75) is 26.9 Å². The van der Waals surface area contributed by atoms with Crippen molar-refractivity contribution in [2.24, 2.45) is 0 Å². The number of H-pyrrole nitrogens is 1. The summed E-state index contributed by atoms with van der Waals surface area (Å²) >= 11 is 0. The third-order valence-electron chi connectivity index (χ3n) is 2.68. The molecule has 4 heteroatoms. The zero-order valence-electron chi connectivity index (χ0n) is 9.62. The molecule has 2 rings (SSSR count). The lowest BCUT2D eigenvalue weighted by Gasteiger charge is -2.06. The second-order valence-corrected chi connectivity index (χ2v) is 3.88. The fraction of sp³-hybridized carbons (Fsp3) is 0.333. The van der Waals surface area contributed by atoms with Crippen LogP contribution in [0.15, 0.2) is 24.8 Å². The largest absolute Gasteiger partial charge is 0.348 e. The SMILES string of the molecule is Cc1cnccc1CNCc1nc[nH]c1C. The molecule has 0 atom stereocenters. The molecule has 2 aromatic rings. The standard InChI is InChI=1S/C12H16N4/c1-9-5-13-4-3-11(9)6-14-7-12-10(2)15-8-16-12/h3-5,8,14H,6-7H2,1-2H3,(H,15,16). The minimum Gasteiger partial charge on any atom is -0.348 e. The molecule has 4 nitrogen and oxygen atoms in total. The van der Waals surface area contributed by atoms with Gasteiger partial charge in [0.2, 0.25) is 0 Å². The fourth-order valence-electron chi connectivity index (χ4n) is 1.58. The summed E-state index contributed by atoms with van der Waals surface area (Å²) in [5.41, 5.74) is 4.70. The van der Waals surface area contributed by atoms with E-state index in [4.69, 9.17) is 0 Å². The van der Waals surface area contributed by atoms with Crippen LogP contribution < -0.4 is 5.32 Å². The molecule has 0 radical (unpaired) electrons. The van der Waals surface area contributed by atoms with Gasteiger partial charge >= 0.3 is 0 Å². The van der Waals surface area contributed by atoms with Crippen LogP contribution in [0.1, 0.15) is 22.5 Å². The zero-order chi connectivity index (χ0) is 11.4. The van der Waals surface area contributed by atoms with Gasteiger partial charge in [0, 0.05) is 31.2 Å². The Hall–Kier alpha value is -1.68. The summed E-state index contributed by atoms with van der Waals surface area (Å²) in [7, 11) is 0. The maximum atomic E-state index is 4.24. The van der Waals surface area contributed by atoms with Gasteiger partial charge in [-0.15, -0.1) is 0 Å². The molecule has 0 aliphatic heterocycles. The van der Waals surface area contributed by atoms with Crippen molar-refractivity contribution in [3.8, 4) is 0 Å². The normalized spacial score (nSPS) is 10.6. The molecule has 0 spiro atoms. The molecule has 0 aliphatic carbocycles. The number of imidazole rings is 1. The van der Waals surface area contributed by atoms with E-state index in [0.717, 1.165) is 24.5 Å². The molecular weight excluding hydrogens is 200 g/mol. The van der Waals surface area contributed by atoms with Crippen LogP contribution in [-0.4, -0.2) is 15.0 Å². The van der Waals surface area contributed by atoms with Gasteiger partial charge in [-0.3, -0.25) is 4.98 Å². The second-order valence-electron chi connectivity index (χ2n) is 3.88. The predicted octanol–water partition coefficient (Wildman–Crippen LogP) is 1.71. The Morgan fingerprint density at radius 3 is 2.88 bits per heavy atom. The van der Waals surface area contributed by atoms with Crippen LogP contribution in [0.4, 0.5) is 0 Å². The maximum absolute atomic E-state index is 4.24. The average Bonchev–Trinajstić information content (AvgIpc) is 2.67. The molecule has 84 valence electrons. The number of aromatic amines is 1. The first kappa shape index (κ1) is 10.8. The number of aromatic nitrogens is 3. The van der Waals surface area contributed by atoms with Crippen molar-refractivity contribution >= 4 is 0 Å². The van der Waals surface area contributed by atoms with E-state index in [-0.39, 0.29) is 0 Å². The summed E-state index contributed by atoms with van der Waals surface area (Å²) in [5, 5.41) is 3.38. The van der Waals surface area contributed by atoms with Gasteiger partial charge in [0.15, 0.2) is 0 Å². The first-order chi connectivity index (χ1) is 7.77. The lowest BCUT2D eigenvalue weighted by molar-refractivity contribution is 0.676. The molecular formula is C12H16N4. The Bertz CT molecular complexity index is 462. The van der Waals surface area contributed by atoms with Crippen LogP contribution in [0.25, 0.3) is 0 Å². The third-order valence-corrected chi connectivity index (χ3v) is 2.68. The summed E-state index contributed by atoms with van der Waals surface area (Å²) in [6, 6.07) is 2.04. The van der Waals surface area contributed by atoms with E-state index in [9.17, 15) is 0 Å². The number of aryl methyl sites for hydroxylation is 2. The second kappa shape index (κ2) is 4.90. The topological polar surface area (TPSA) is 53.6 Å². The average molecular weight is 216 g/mol. The van der Waals surface area contributed by atoms with Crippen molar-refractivity contribution in [1.29, 1.82) is 0 Å². The Labute approximate surface area is 95.1 Å². The van der Waals surface area contributed by atoms with E-state index in [1.807, 2.05) is 25.4 Å². The Balaban J connectivity index is 1.89. The molecule has 0 saturated heterocycles. The molecule has 2 N–H and O–H groups in total. The lowest BCUT2D eigenvalue weighted by Crippen LogP contribution is -2.14. The first-order valence-electron chi connectivity index (χ1n) is 5.36. The van der Waals surface area contributed by atoms with Gasteiger partial charge in [-0.25, -0.2) is 4.98 Å². The van der Waals surface area contributed by atoms with Crippen LogP contribution in [0, 0.1) is 13.8 Å². The molecule has 2 aromatic heterocycles. The van der Waals surface area contributed by atoms with Crippen LogP contribution in [0.5, 0.6) is 0 Å². The zero-order valence-corrected chi connectivity index (χ0v) is 9.62. The van der Waals surface area contributed by atoms with Crippen molar-refractivity contribution in [3.05, 3.63) is 47.3 Å². The third kappa shape index (κ3) is 2.46. The van der Waals surface area contributed by atoms with E-state index < -0.39 is 0 Å². The van der Waals surface area contributed by atoms with E-state index in [1.165, 1.54) is 11.1 Å². The number of hydrogen-bond donors (Lipinski definition) is 2. The summed E-state index contributed by atoms with van der Waals surface area (Å²) in [4.78, 5) is 11.4. The van der Waals surface area contributed by atoms with Gasteiger partial charge in [0.1, 0.15) is 0 Å². The number of hydrogen-bond acceptors (Lipinski definition) is 3. The number of nitrogens with zero attached hydrogens (tertiary/aromatic N) is 2. The summed E-state index contributed by atoms with van der Waals surface area (Å²) < 4.78 is 0. The summed E-state index contributed by atoms with van der Waals surface area (Å²) in [5.74, 6) is 0. The molecule has 0 unspecified atom stereocenters. The Morgan fingerprint density at radius 2 is 2.19 bits per heavy atom. The van der Waals surface area contributed by atoms with E-state index in [1.54, 1.807) is 6.33 Å². The number of pyridine rings is 1. The molecule has 0 amide bonds. The molecule has 0 aliphatic rings. The van der Waals surface area contributed by atoms with Gasteiger partial charge in [0.25, 0.3) is 0 Å². The lowest BCUT2D eigenvalue weighted by atomic mass is 10.1. The van der Waals surface area contributed by atoms with Crippen LogP contribution in [0.3, 0.4) is 0 Å². The minimum atomic E-state index is 0.789. The molecule has 0 fully saturated rings. The van der Waals surface area contributed by atoms with E-state index >= 15 is 0 Å². The van der Waals surface area contributed by atoms with Crippen molar-refractivity contribution < 1.29 is 0 Å². The van der Waals surface area contributed by atoms with E-state index in [0.29, 0.717) is 0 Å². The van der Waals surface area contributed by atoms with Crippen LogP contribution >= 0.6 is 0 Å². The minimum absolute atomic E-state index is 0.789. The quantitative estimate of drug-likeness (QED) is 0.818. The highest BCUT2D eigenvalue weighted by Gasteiger charge is 2.01. The smallest absolute Gasteiger partial charge is 0.0925 e. The first-order valence-corrected chi connectivity index (χ1v) is 5.36. The van der Waals surface area contributed by atoms with Crippen molar-refractivity contribution in [2.75, 3.05) is 0 Å². The summed E-state index contributed by atoms with van der Waals surface area (Å²) in [6.07, 6.45) is 5.44. The highest BCUT2D eigenvalue weighted by atomic mass is 14.9. The Morgan fingerprint density at radius 1 is 1.31 bits per heavy atom. The van der Waals surface area contributed by atoms with E-state index in [2.05, 4.69) is 27.2 Å². The monoisotopic (exact) mass is 216 g/mol. The Kier molecular flexibility index (Phi) is 3.31. The van der Waals surface area contributed by atoms with Crippen molar-refractivity contribution in [3.63, 3.8) is 0 Å². The number of rotatable bonds is 4. The molecule has 16 heavy (non-hydrogen) atoms. The van der Waals surface area contributed by atoms with Gasteiger partial charge in [-0.1, -0.05) is 0 Å². The highest BCUT2D eigenvalue weighted by molar-refractivity contribution is 5.21. The fourth-order valence-corrected chi connectivity index (χ4v) is 1.58. The predicted molar refractivity (Wildman–Crippen MR) is 62.8 cm³/mol. The molecule has 0 bridgehead atoms. The highest BCUT2D eigenvalue weighted by Crippen LogP contribution is 2.05. The molecule has 2 heterocycles. The van der Waals surface area contributed by atoms with Gasteiger partial charge in [-0.05, 0) is 31.0 Å². The number of nitrogens with one attached hydrogen (secondary N) is 2. The molecule has 0 aromatic carbocycles. The maximum Gasteiger partial charge on any atom is 0.0925 e. The van der Waals surface area contributed by atoms with Gasteiger partial charge in [-0.2, -0.15) is 0 Å². The molecule has 0 saturated carbocycles. The van der Waals surface area contributed by atoms with Crippen LogP contribution in [-0.2, 0) is 13.1 Å². The van der Waals surface area contributed by atoms with Gasteiger partial charge in [0.05, 0.1) is 12.0 Å². The van der Waals surface area contributed by atoms with Crippen molar-refractivity contribution in [1.82, 2.24) is 20.3 Å². The van der Waals surface area contributed by atoms with Gasteiger partial charge < -0.3 is 10.3 Å². The summed E-state index contributed by atoms with van der Waals surface area (Å²) in [6.45, 7) is 5.74. The van der Waals surface area contributed by atoms with Crippen LogP contribution in [0.2, 0.25) is 0 Å².